The number of benzene rings is 2. The van der Waals surface area contributed by atoms with E-state index < -0.39 is 0 Å². The van der Waals surface area contributed by atoms with Crippen molar-refractivity contribution in [1.29, 1.82) is 0 Å². The Morgan fingerprint density at radius 2 is 2.00 bits per heavy atom. The molecule has 0 radical (unpaired) electrons. The van der Waals surface area contributed by atoms with Gasteiger partial charge in [-0.25, -0.2) is 4.39 Å². The van der Waals surface area contributed by atoms with Crippen LogP contribution in [0.25, 0.3) is 0 Å². The Bertz CT molecular complexity index is 626. The molecule has 20 heavy (non-hydrogen) atoms. The minimum absolute atomic E-state index is 0.160. The van der Waals surface area contributed by atoms with Gasteiger partial charge in [0, 0.05) is 12.1 Å². The van der Waals surface area contributed by atoms with Gasteiger partial charge < -0.3 is 10.4 Å². The number of rotatable bonds is 4. The second-order valence-electron chi connectivity index (χ2n) is 4.60. The smallest absolute Gasteiger partial charge is 0.251 e. The Morgan fingerprint density at radius 3 is 2.70 bits per heavy atom. The molecule has 2 aromatic carbocycles. The summed E-state index contributed by atoms with van der Waals surface area (Å²) in [5.74, 6) is -0.334. The maximum absolute atomic E-state index is 13.4. The summed E-state index contributed by atoms with van der Waals surface area (Å²) in [6.07, 6.45) is 0.440. The minimum Gasteiger partial charge on any atom is -0.508 e. The largest absolute Gasteiger partial charge is 0.508 e. The topological polar surface area (TPSA) is 49.3 Å². The molecule has 0 aromatic heterocycles. The molecule has 0 unspecified atom stereocenters. The Balaban J connectivity index is 1.92. The zero-order valence-corrected chi connectivity index (χ0v) is 11.2. The normalized spacial score (nSPS) is 10.3. The maximum Gasteiger partial charge on any atom is 0.251 e. The van der Waals surface area contributed by atoms with Gasteiger partial charge in [0.25, 0.3) is 5.91 Å². The van der Waals surface area contributed by atoms with Crippen LogP contribution >= 0.6 is 0 Å². The predicted molar refractivity (Wildman–Crippen MR) is 75.3 cm³/mol. The van der Waals surface area contributed by atoms with Crippen LogP contribution in [-0.2, 0) is 6.42 Å². The van der Waals surface area contributed by atoms with Crippen molar-refractivity contribution in [3.05, 3.63) is 65.0 Å². The number of amides is 1. The third-order valence-corrected chi connectivity index (χ3v) is 3.10. The van der Waals surface area contributed by atoms with E-state index in [9.17, 15) is 14.3 Å². The van der Waals surface area contributed by atoms with Crippen LogP contribution in [0.15, 0.2) is 42.5 Å². The molecule has 1 amide bonds. The van der Waals surface area contributed by atoms with E-state index in [1.165, 1.54) is 12.1 Å². The molecule has 0 saturated carbocycles. The van der Waals surface area contributed by atoms with E-state index in [1.54, 1.807) is 37.3 Å². The van der Waals surface area contributed by atoms with Gasteiger partial charge in [-0.15, -0.1) is 0 Å². The molecule has 0 spiro atoms. The fraction of sp³-hybridized carbons (Fsp3) is 0.188. The number of carbonyl (C=O) groups is 1. The van der Waals surface area contributed by atoms with Crippen molar-refractivity contribution in [2.24, 2.45) is 0 Å². The first-order chi connectivity index (χ1) is 9.58. The summed E-state index contributed by atoms with van der Waals surface area (Å²) in [6.45, 7) is 2.09. The van der Waals surface area contributed by atoms with E-state index >= 15 is 0 Å². The zero-order valence-electron chi connectivity index (χ0n) is 11.2. The highest BCUT2D eigenvalue weighted by atomic mass is 19.1. The molecule has 0 saturated heterocycles. The number of phenols is 1. The fourth-order valence-electron chi connectivity index (χ4n) is 1.91. The van der Waals surface area contributed by atoms with Crippen LogP contribution in [0.5, 0.6) is 5.75 Å². The number of phenolic OH excluding ortho intramolecular Hbond substituents is 1. The molecule has 0 bridgehead atoms. The molecule has 2 N–H and O–H groups in total. The molecule has 0 atom stereocenters. The lowest BCUT2D eigenvalue weighted by Gasteiger charge is -2.07. The molecule has 2 aromatic rings. The Hall–Kier alpha value is -2.36. The van der Waals surface area contributed by atoms with Gasteiger partial charge in [-0.05, 0) is 48.7 Å². The summed E-state index contributed by atoms with van der Waals surface area (Å²) >= 11 is 0. The molecule has 3 nitrogen and oxygen atoms in total. The van der Waals surface area contributed by atoms with Crippen LogP contribution in [0.3, 0.4) is 0 Å². The summed E-state index contributed by atoms with van der Waals surface area (Å²) in [7, 11) is 0. The third kappa shape index (κ3) is 3.35. The molecular formula is C16H16FNO2. The molecule has 2 rings (SSSR count). The Kier molecular flexibility index (Phi) is 4.35. The lowest BCUT2D eigenvalue weighted by atomic mass is 10.1. The average Bonchev–Trinajstić information content (AvgIpc) is 2.44. The van der Waals surface area contributed by atoms with E-state index in [1.807, 2.05) is 0 Å². The van der Waals surface area contributed by atoms with Gasteiger partial charge in [0.05, 0.1) is 0 Å². The number of halogens is 1. The molecule has 0 aliphatic rings. The molecular weight excluding hydrogens is 257 g/mol. The van der Waals surface area contributed by atoms with E-state index in [0.29, 0.717) is 29.7 Å². The number of aryl methyl sites for hydroxylation is 1. The van der Waals surface area contributed by atoms with E-state index in [4.69, 9.17) is 0 Å². The second-order valence-corrected chi connectivity index (χ2v) is 4.60. The van der Waals surface area contributed by atoms with Crippen LogP contribution in [0.2, 0.25) is 0 Å². The SMILES string of the molecule is Cc1cc(C(=O)NCCc2ccccc2F)ccc1O. The highest BCUT2D eigenvalue weighted by Gasteiger charge is 2.07. The minimum atomic E-state index is -0.262. The fourth-order valence-corrected chi connectivity index (χ4v) is 1.91. The van der Waals surface area contributed by atoms with Gasteiger partial charge >= 0.3 is 0 Å². The van der Waals surface area contributed by atoms with Crippen LogP contribution in [0.4, 0.5) is 4.39 Å². The number of nitrogens with one attached hydrogen (secondary N) is 1. The van der Waals surface area contributed by atoms with Crippen molar-refractivity contribution in [2.45, 2.75) is 13.3 Å². The number of carbonyl (C=O) groups excluding carboxylic acids is 1. The van der Waals surface area contributed by atoms with Crippen molar-refractivity contribution in [2.75, 3.05) is 6.54 Å². The summed E-state index contributed by atoms with van der Waals surface area (Å²) in [5.41, 5.74) is 1.70. The van der Waals surface area contributed by atoms with Crippen LogP contribution in [0.1, 0.15) is 21.5 Å². The highest BCUT2D eigenvalue weighted by molar-refractivity contribution is 5.94. The van der Waals surface area contributed by atoms with Gasteiger partial charge in [-0.1, -0.05) is 18.2 Å². The standard InChI is InChI=1S/C16H16FNO2/c1-11-10-13(6-7-15(11)19)16(20)18-9-8-12-4-2-3-5-14(12)17/h2-7,10,19H,8-9H2,1H3,(H,18,20). The van der Waals surface area contributed by atoms with Crippen LogP contribution in [-0.4, -0.2) is 17.6 Å². The first-order valence-electron chi connectivity index (χ1n) is 6.39. The van der Waals surface area contributed by atoms with E-state index in [-0.39, 0.29) is 17.5 Å². The third-order valence-electron chi connectivity index (χ3n) is 3.10. The molecule has 0 aliphatic carbocycles. The van der Waals surface area contributed by atoms with Crippen LogP contribution in [0, 0.1) is 12.7 Å². The van der Waals surface area contributed by atoms with Crippen LogP contribution < -0.4 is 5.32 Å². The van der Waals surface area contributed by atoms with Crippen molar-refractivity contribution in [3.63, 3.8) is 0 Å². The van der Waals surface area contributed by atoms with Gasteiger partial charge in [0.2, 0.25) is 0 Å². The predicted octanol–water partition coefficient (Wildman–Crippen LogP) is 2.81. The van der Waals surface area contributed by atoms with Crippen molar-refractivity contribution in [1.82, 2.24) is 5.32 Å². The first kappa shape index (κ1) is 14.1. The summed E-state index contributed by atoms with van der Waals surface area (Å²) < 4.78 is 13.4. The Morgan fingerprint density at radius 1 is 1.25 bits per heavy atom. The quantitative estimate of drug-likeness (QED) is 0.900. The lowest BCUT2D eigenvalue weighted by molar-refractivity contribution is 0.0954. The van der Waals surface area contributed by atoms with Crippen molar-refractivity contribution in [3.8, 4) is 5.75 Å². The second kappa shape index (κ2) is 6.19. The zero-order chi connectivity index (χ0) is 14.5. The maximum atomic E-state index is 13.4. The lowest BCUT2D eigenvalue weighted by Crippen LogP contribution is -2.25. The van der Waals surface area contributed by atoms with Gasteiger partial charge in [0.1, 0.15) is 11.6 Å². The molecule has 0 fully saturated rings. The number of aromatic hydroxyl groups is 1. The summed E-state index contributed by atoms with van der Waals surface area (Å²) in [6, 6.07) is 11.2. The average molecular weight is 273 g/mol. The van der Waals surface area contributed by atoms with Gasteiger partial charge in [0.15, 0.2) is 0 Å². The first-order valence-corrected chi connectivity index (χ1v) is 6.39. The molecule has 0 aliphatic heterocycles. The van der Waals surface area contributed by atoms with E-state index in [2.05, 4.69) is 5.32 Å². The van der Waals surface area contributed by atoms with Crippen molar-refractivity contribution >= 4 is 5.91 Å². The molecule has 4 heteroatoms. The van der Waals surface area contributed by atoms with Gasteiger partial charge in [-0.3, -0.25) is 4.79 Å². The summed E-state index contributed by atoms with van der Waals surface area (Å²) in [4.78, 5) is 11.9. The highest BCUT2D eigenvalue weighted by Crippen LogP contribution is 2.16. The van der Waals surface area contributed by atoms with E-state index in [0.717, 1.165) is 0 Å². The van der Waals surface area contributed by atoms with Crippen molar-refractivity contribution < 1.29 is 14.3 Å². The monoisotopic (exact) mass is 273 g/mol. The van der Waals surface area contributed by atoms with Gasteiger partial charge in [-0.2, -0.15) is 0 Å². The molecule has 0 heterocycles. The summed E-state index contributed by atoms with van der Waals surface area (Å²) in [5, 5.41) is 12.1. The number of hydrogen-bond donors (Lipinski definition) is 2. The molecule has 104 valence electrons. The number of hydrogen-bond acceptors (Lipinski definition) is 2. The Labute approximate surface area is 117 Å².